The van der Waals surface area contributed by atoms with Crippen molar-refractivity contribution in [2.75, 3.05) is 13.2 Å². The quantitative estimate of drug-likeness (QED) is 0.587. The van der Waals surface area contributed by atoms with Crippen LogP contribution in [-0.2, 0) is 13.1 Å². The van der Waals surface area contributed by atoms with Crippen LogP contribution in [0.3, 0.4) is 0 Å². The van der Waals surface area contributed by atoms with Crippen molar-refractivity contribution in [2.24, 2.45) is 0 Å². The molecule has 0 saturated heterocycles. The topological polar surface area (TPSA) is 83.2 Å². The predicted molar refractivity (Wildman–Crippen MR) is 59.7 cm³/mol. The molecule has 1 aromatic heterocycles. The highest BCUT2D eigenvalue weighted by molar-refractivity contribution is 4.89. The van der Waals surface area contributed by atoms with E-state index in [9.17, 15) is 0 Å². The monoisotopic (exact) mass is 228 g/mol. The molecule has 0 atom stereocenters. The molecule has 1 rings (SSSR count). The van der Waals surface area contributed by atoms with Gasteiger partial charge in [-0.3, -0.25) is 0 Å². The maximum absolute atomic E-state index is 9.12. The van der Waals surface area contributed by atoms with Gasteiger partial charge in [0.1, 0.15) is 12.2 Å². The number of nitrogens with zero attached hydrogens (tertiary/aromatic N) is 3. The first kappa shape index (κ1) is 13.1. The molecule has 0 spiro atoms. The molecule has 0 bridgehead atoms. The number of aliphatic hydroxyl groups is 2. The van der Waals surface area contributed by atoms with Crippen LogP contribution in [0.5, 0.6) is 0 Å². The number of hydrogen-bond acceptors (Lipinski definition) is 5. The van der Waals surface area contributed by atoms with Gasteiger partial charge >= 0.3 is 0 Å². The Labute approximate surface area is 95.3 Å². The Hall–Kier alpha value is -0.980. The third-order valence-electron chi connectivity index (χ3n) is 2.50. The Morgan fingerprint density at radius 1 is 1.44 bits per heavy atom. The fourth-order valence-electron chi connectivity index (χ4n) is 1.28. The van der Waals surface area contributed by atoms with E-state index in [1.54, 1.807) is 6.92 Å². The highest BCUT2D eigenvalue weighted by Crippen LogP contribution is 2.03. The van der Waals surface area contributed by atoms with Crippen LogP contribution in [0.4, 0.5) is 0 Å². The zero-order valence-electron chi connectivity index (χ0n) is 9.85. The summed E-state index contributed by atoms with van der Waals surface area (Å²) in [5, 5.41) is 25.4. The van der Waals surface area contributed by atoms with E-state index in [4.69, 9.17) is 10.2 Å². The zero-order valence-corrected chi connectivity index (χ0v) is 9.85. The largest absolute Gasteiger partial charge is 0.394 e. The summed E-state index contributed by atoms with van der Waals surface area (Å²) in [6.07, 6.45) is 2.51. The second-order valence-electron chi connectivity index (χ2n) is 4.13. The molecular weight excluding hydrogens is 208 g/mol. The summed E-state index contributed by atoms with van der Waals surface area (Å²) in [6, 6.07) is 0. The van der Waals surface area contributed by atoms with Gasteiger partial charge in [0.15, 0.2) is 0 Å². The van der Waals surface area contributed by atoms with Crippen molar-refractivity contribution >= 4 is 0 Å². The predicted octanol–water partition coefficient (Wildman–Crippen LogP) is -0.479. The van der Waals surface area contributed by atoms with Crippen LogP contribution in [-0.4, -0.2) is 43.7 Å². The summed E-state index contributed by atoms with van der Waals surface area (Å²) in [5.74, 6) is 0.815. The number of hydrogen-bond donors (Lipinski definition) is 3. The average molecular weight is 228 g/mol. The minimum Gasteiger partial charge on any atom is -0.394 e. The maximum Gasteiger partial charge on any atom is 0.140 e. The van der Waals surface area contributed by atoms with Crippen LogP contribution in [0, 0.1) is 0 Å². The van der Waals surface area contributed by atoms with Gasteiger partial charge in [0.05, 0.1) is 25.3 Å². The van der Waals surface area contributed by atoms with Gasteiger partial charge in [0, 0.05) is 6.54 Å². The first-order valence-corrected chi connectivity index (χ1v) is 5.48. The van der Waals surface area contributed by atoms with Gasteiger partial charge in [0.2, 0.25) is 0 Å². The number of aromatic nitrogens is 3. The van der Waals surface area contributed by atoms with Gasteiger partial charge in [-0.25, -0.2) is 9.67 Å². The molecule has 92 valence electrons. The minimum atomic E-state index is -0.678. The van der Waals surface area contributed by atoms with E-state index in [-0.39, 0.29) is 13.2 Å². The third kappa shape index (κ3) is 3.26. The normalized spacial score (nSPS) is 12.0. The number of nitrogens with one attached hydrogen (secondary N) is 1. The molecule has 0 fully saturated rings. The van der Waals surface area contributed by atoms with Crippen molar-refractivity contribution in [1.82, 2.24) is 20.1 Å². The first-order valence-electron chi connectivity index (χ1n) is 5.48. The molecule has 0 saturated carbocycles. The molecule has 0 amide bonds. The number of rotatable bonds is 7. The van der Waals surface area contributed by atoms with Gasteiger partial charge in [-0.05, 0) is 13.3 Å². The molecule has 0 aliphatic rings. The molecule has 0 aliphatic carbocycles. The van der Waals surface area contributed by atoms with Crippen LogP contribution in [0.25, 0.3) is 0 Å². The average Bonchev–Trinajstić information content (AvgIpc) is 2.74. The summed E-state index contributed by atoms with van der Waals surface area (Å²) < 4.78 is 1.82. The summed E-state index contributed by atoms with van der Waals surface area (Å²) in [5.41, 5.74) is -0.678. The molecule has 0 radical (unpaired) electrons. The van der Waals surface area contributed by atoms with Gasteiger partial charge in [0.25, 0.3) is 0 Å². The Balaban J connectivity index is 2.56. The molecule has 1 aromatic rings. The highest BCUT2D eigenvalue weighted by Gasteiger charge is 2.22. The zero-order chi connectivity index (χ0) is 12.0. The molecular formula is C10H20N4O2. The molecule has 0 aliphatic heterocycles. The van der Waals surface area contributed by atoms with Gasteiger partial charge in [-0.15, -0.1) is 0 Å². The molecule has 6 nitrogen and oxygen atoms in total. The Kier molecular flexibility index (Phi) is 4.85. The standard InChI is InChI=1S/C10H20N4O2/c1-3-4-14-9(11-8-13-14)5-12-10(2,6-15)7-16/h8,12,15-16H,3-7H2,1-2H3. The molecule has 6 heteroatoms. The molecule has 0 aromatic carbocycles. The highest BCUT2D eigenvalue weighted by atomic mass is 16.3. The van der Waals surface area contributed by atoms with Crippen molar-refractivity contribution in [1.29, 1.82) is 0 Å². The van der Waals surface area contributed by atoms with Gasteiger partial charge in [-0.2, -0.15) is 5.10 Å². The molecule has 16 heavy (non-hydrogen) atoms. The van der Waals surface area contributed by atoms with Crippen LogP contribution in [0.2, 0.25) is 0 Å². The second-order valence-corrected chi connectivity index (χ2v) is 4.13. The van der Waals surface area contributed by atoms with Gasteiger partial charge in [-0.1, -0.05) is 6.92 Å². The smallest absolute Gasteiger partial charge is 0.140 e. The van der Waals surface area contributed by atoms with Crippen molar-refractivity contribution in [3.05, 3.63) is 12.2 Å². The van der Waals surface area contributed by atoms with E-state index in [1.165, 1.54) is 6.33 Å². The van der Waals surface area contributed by atoms with Crippen molar-refractivity contribution in [3.8, 4) is 0 Å². The number of aliphatic hydroxyl groups excluding tert-OH is 2. The van der Waals surface area contributed by atoms with E-state index in [1.807, 2.05) is 4.68 Å². The summed E-state index contributed by atoms with van der Waals surface area (Å²) >= 11 is 0. The van der Waals surface area contributed by atoms with Crippen molar-refractivity contribution < 1.29 is 10.2 Å². The van der Waals surface area contributed by atoms with Crippen molar-refractivity contribution in [2.45, 2.75) is 38.9 Å². The van der Waals surface area contributed by atoms with E-state index < -0.39 is 5.54 Å². The lowest BCUT2D eigenvalue weighted by Crippen LogP contribution is -2.48. The Morgan fingerprint density at radius 3 is 2.69 bits per heavy atom. The third-order valence-corrected chi connectivity index (χ3v) is 2.50. The van der Waals surface area contributed by atoms with Crippen LogP contribution < -0.4 is 5.32 Å². The van der Waals surface area contributed by atoms with E-state index >= 15 is 0 Å². The van der Waals surface area contributed by atoms with E-state index in [0.29, 0.717) is 6.54 Å². The van der Waals surface area contributed by atoms with Crippen LogP contribution in [0.15, 0.2) is 6.33 Å². The summed E-state index contributed by atoms with van der Waals surface area (Å²) in [4.78, 5) is 4.13. The van der Waals surface area contributed by atoms with E-state index in [2.05, 4.69) is 22.3 Å². The summed E-state index contributed by atoms with van der Waals surface area (Å²) in [6.45, 7) is 4.90. The minimum absolute atomic E-state index is 0.120. The molecule has 0 unspecified atom stereocenters. The molecule has 1 heterocycles. The lowest BCUT2D eigenvalue weighted by atomic mass is 10.1. The second kappa shape index (κ2) is 5.93. The fraction of sp³-hybridized carbons (Fsp3) is 0.800. The van der Waals surface area contributed by atoms with Crippen molar-refractivity contribution in [3.63, 3.8) is 0 Å². The SMILES string of the molecule is CCCn1ncnc1CNC(C)(CO)CO. The summed E-state index contributed by atoms with van der Waals surface area (Å²) in [7, 11) is 0. The Morgan fingerprint density at radius 2 is 2.12 bits per heavy atom. The molecule has 3 N–H and O–H groups in total. The van der Waals surface area contributed by atoms with Crippen LogP contribution in [0.1, 0.15) is 26.1 Å². The van der Waals surface area contributed by atoms with Crippen LogP contribution >= 0.6 is 0 Å². The lowest BCUT2D eigenvalue weighted by Gasteiger charge is -2.26. The van der Waals surface area contributed by atoms with E-state index in [0.717, 1.165) is 18.8 Å². The first-order chi connectivity index (χ1) is 7.65. The fourth-order valence-corrected chi connectivity index (χ4v) is 1.28. The Bertz CT molecular complexity index is 310. The maximum atomic E-state index is 9.12. The van der Waals surface area contributed by atoms with Gasteiger partial charge < -0.3 is 15.5 Å². The lowest BCUT2D eigenvalue weighted by molar-refractivity contribution is 0.102. The number of aryl methyl sites for hydroxylation is 1.